The first-order valence-electron chi connectivity index (χ1n) is 14.9. The van der Waals surface area contributed by atoms with Crippen LogP contribution in [0, 0.1) is 5.82 Å². The number of carbonyl (C=O) groups excluding carboxylic acids is 5. The lowest BCUT2D eigenvalue weighted by Crippen LogP contribution is -2.49. The van der Waals surface area contributed by atoms with Gasteiger partial charge < -0.3 is 29.9 Å². The molecular weight excluding hydrogens is 585 g/mol. The van der Waals surface area contributed by atoms with Gasteiger partial charge in [0, 0.05) is 58.1 Å². The van der Waals surface area contributed by atoms with Crippen molar-refractivity contribution in [1.29, 1.82) is 0 Å². The van der Waals surface area contributed by atoms with Crippen molar-refractivity contribution in [1.82, 2.24) is 15.5 Å². The third-order valence-corrected chi connectivity index (χ3v) is 7.35. The van der Waals surface area contributed by atoms with Crippen LogP contribution < -0.4 is 20.4 Å². The number of Topliss-reactive ketones (excluding diaryl/α,β-unsaturated/α-hetero) is 1. The van der Waals surface area contributed by atoms with Gasteiger partial charge in [-0.2, -0.15) is 0 Å². The van der Waals surface area contributed by atoms with Gasteiger partial charge in [-0.1, -0.05) is 24.3 Å². The van der Waals surface area contributed by atoms with Crippen molar-refractivity contribution < 1.29 is 37.8 Å². The largest absolute Gasteiger partial charge is 0.444 e. The Morgan fingerprint density at radius 1 is 0.978 bits per heavy atom. The molecule has 0 bridgehead atoms. The highest BCUT2D eigenvalue weighted by atomic mass is 19.1. The van der Waals surface area contributed by atoms with Gasteiger partial charge in [-0.3, -0.25) is 19.3 Å². The van der Waals surface area contributed by atoms with Crippen LogP contribution >= 0.6 is 0 Å². The summed E-state index contributed by atoms with van der Waals surface area (Å²) in [7, 11) is 0. The van der Waals surface area contributed by atoms with Crippen molar-refractivity contribution in [3.8, 4) is 0 Å². The zero-order chi connectivity index (χ0) is 32.7. The first-order valence-corrected chi connectivity index (χ1v) is 14.9. The van der Waals surface area contributed by atoms with Gasteiger partial charge in [0.05, 0.1) is 24.5 Å². The number of ketones is 1. The van der Waals surface area contributed by atoms with Gasteiger partial charge in [-0.05, 0) is 44.5 Å². The van der Waals surface area contributed by atoms with Gasteiger partial charge in [0.1, 0.15) is 17.5 Å². The normalized spacial score (nSPS) is 16.7. The van der Waals surface area contributed by atoms with Crippen LogP contribution in [0.25, 0.3) is 0 Å². The Morgan fingerprint density at radius 2 is 1.67 bits per heavy atom. The molecule has 2 aromatic carbocycles. The lowest BCUT2D eigenvalue weighted by molar-refractivity contribution is -0.131. The number of rotatable bonds is 10. The summed E-state index contributed by atoms with van der Waals surface area (Å²) in [6.07, 6.45) is -1.71. The standard InChI is InChI=1S/C32H40FN5O7/c1-21(39)34-18-22-5-7-23(8-6-22)28(40)11-12-29(41)37-15-13-36(14-16-37)27-10-9-24(17-26(27)33)38-20-25(44-31(38)43)19-35-30(42)45-32(2,3)4/h5-10,17,25H,11-16,18-20H2,1-4H3,(H,34,39)(H,35,42)/t25-/m0/s1. The molecule has 2 N–H and O–H groups in total. The Balaban J connectivity index is 1.23. The van der Waals surface area contributed by atoms with E-state index in [9.17, 15) is 24.0 Å². The fourth-order valence-corrected chi connectivity index (χ4v) is 5.02. The van der Waals surface area contributed by atoms with E-state index in [0.717, 1.165) is 5.56 Å². The van der Waals surface area contributed by atoms with Gasteiger partial charge in [0.15, 0.2) is 5.78 Å². The monoisotopic (exact) mass is 625 g/mol. The van der Waals surface area contributed by atoms with Crippen LogP contribution in [0.3, 0.4) is 0 Å². The van der Waals surface area contributed by atoms with E-state index in [2.05, 4.69) is 10.6 Å². The maximum Gasteiger partial charge on any atom is 0.414 e. The summed E-state index contributed by atoms with van der Waals surface area (Å²) >= 11 is 0. The zero-order valence-corrected chi connectivity index (χ0v) is 26.1. The fraction of sp³-hybridized carbons (Fsp3) is 0.469. The average Bonchev–Trinajstić information content (AvgIpc) is 3.37. The van der Waals surface area contributed by atoms with E-state index < -0.39 is 29.7 Å². The van der Waals surface area contributed by atoms with Gasteiger partial charge in [-0.25, -0.2) is 14.0 Å². The molecule has 2 aliphatic rings. The predicted molar refractivity (Wildman–Crippen MR) is 165 cm³/mol. The maximum absolute atomic E-state index is 15.2. The smallest absolute Gasteiger partial charge is 0.414 e. The Morgan fingerprint density at radius 3 is 2.29 bits per heavy atom. The van der Waals surface area contributed by atoms with E-state index in [1.54, 1.807) is 62.1 Å². The molecule has 242 valence electrons. The van der Waals surface area contributed by atoms with E-state index in [1.807, 2.05) is 4.90 Å². The minimum atomic E-state index is -0.656. The number of benzene rings is 2. The maximum atomic E-state index is 15.2. The highest BCUT2D eigenvalue weighted by molar-refractivity contribution is 5.98. The van der Waals surface area contributed by atoms with Crippen molar-refractivity contribution in [2.75, 3.05) is 49.1 Å². The number of nitrogens with one attached hydrogen (secondary N) is 2. The summed E-state index contributed by atoms with van der Waals surface area (Å²) < 4.78 is 25.7. The molecule has 1 atom stereocenters. The Kier molecular flexibility index (Phi) is 10.6. The van der Waals surface area contributed by atoms with E-state index >= 15 is 4.39 Å². The molecule has 45 heavy (non-hydrogen) atoms. The highest BCUT2D eigenvalue weighted by Crippen LogP contribution is 2.28. The second kappa shape index (κ2) is 14.4. The summed E-state index contributed by atoms with van der Waals surface area (Å²) in [6, 6.07) is 11.4. The third kappa shape index (κ3) is 9.40. The number of hydrogen-bond donors (Lipinski definition) is 2. The molecule has 0 saturated carbocycles. The van der Waals surface area contributed by atoms with Gasteiger partial charge in [-0.15, -0.1) is 0 Å². The fourth-order valence-electron chi connectivity index (χ4n) is 5.02. The molecule has 0 radical (unpaired) electrons. The molecule has 13 heteroatoms. The highest BCUT2D eigenvalue weighted by Gasteiger charge is 2.34. The molecule has 0 aromatic heterocycles. The minimum absolute atomic E-state index is 0.0586. The second-order valence-electron chi connectivity index (χ2n) is 12.0. The van der Waals surface area contributed by atoms with Gasteiger partial charge >= 0.3 is 12.2 Å². The number of anilines is 2. The average molecular weight is 626 g/mol. The van der Waals surface area contributed by atoms with E-state index in [1.165, 1.54) is 17.9 Å². The summed E-state index contributed by atoms with van der Waals surface area (Å²) in [5.74, 6) is -0.915. The van der Waals surface area contributed by atoms with Crippen LogP contribution in [0.4, 0.5) is 25.4 Å². The summed E-state index contributed by atoms with van der Waals surface area (Å²) in [6.45, 7) is 8.85. The Labute approximate surface area is 261 Å². The number of ether oxygens (including phenoxy) is 2. The minimum Gasteiger partial charge on any atom is -0.444 e. The molecule has 0 aliphatic carbocycles. The quantitative estimate of drug-likeness (QED) is 0.382. The van der Waals surface area contributed by atoms with Crippen molar-refractivity contribution in [3.05, 3.63) is 59.4 Å². The van der Waals surface area contributed by atoms with Crippen LogP contribution in [0.5, 0.6) is 0 Å². The van der Waals surface area contributed by atoms with Crippen LogP contribution in [0.2, 0.25) is 0 Å². The number of hydrogen-bond acceptors (Lipinski definition) is 8. The molecular formula is C32H40FN5O7. The zero-order valence-electron chi connectivity index (χ0n) is 26.1. The number of alkyl carbamates (subject to hydrolysis) is 1. The lowest BCUT2D eigenvalue weighted by atomic mass is 10.0. The van der Waals surface area contributed by atoms with E-state index in [0.29, 0.717) is 49.7 Å². The van der Waals surface area contributed by atoms with Crippen LogP contribution in [-0.4, -0.2) is 85.7 Å². The summed E-state index contributed by atoms with van der Waals surface area (Å²) in [5.41, 5.74) is 1.42. The molecule has 2 heterocycles. The molecule has 0 spiro atoms. The van der Waals surface area contributed by atoms with Crippen LogP contribution in [0.15, 0.2) is 42.5 Å². The molecule has 2 aromatic rings. The number of amides is 4. The number of piperazine rings is 1. The van der Waals surface area contributed by atoms with Crippen molar-refractivity contribution >= 4 is 41.2 Å². The third-order valence-electron chi connectivity index (χ3n) is 7.35. The molecule has 4 amide bonds. The Bertz CT molecular complexity index is 1420. The van der Waals surface area contributed by atoms with Gasteiger partial charge in [0.2, 0.25) is 11.8 Å². The molecule has 2 aliphatic heterocycles. The molecule has 4 rings (SSSR count). The van der Waals surface area contributed by atoms with E-state index in [-0.39, 0.29) is 43.5 Å². The molecule has 12 nitrogen and oxygen atoms in total. The predicted octanol–water partition coefficient (Wildman–Crippen LogP) is 3.62. The van der Waals surface area contributed by atoms with Crippen LogP contribution in [-0.2, 0) is 25.6 Å². The van der Waals surface area contributed by atoms with Gasteiger partial charge in [0.25, 0.3) is 0 Å². The Hall–Kier alpha value is -4.68. The number of nitrogens with zero attached hydrogens (tertiary/aromatic N) is 3. The van der Waals surface area contributed by atoms with Crippen molar-refractivity contribution in [3.63, 3.8) is 0 Å². The summed E-state index contributed by atoms with van der Waals surface area (Å²) in [5, 5.41) is 5.28. The molecule has 0 unspecified atom stereocenters. The number of halogens is 1. The van der Waals surface area contributed by atoms with E-state index in [4.69, 9.17) is 9.47 Å². The first-order chi connectivity index (χ1) is 21.3. The SMILES string of the molecule is CC(=O)NCc1ccc(C(=O)CCC(=O)N2CCN(c3ccc(N4C[C@H](CNC(=O)OC(C)(C)C)OC4=O)cc3F)CC2)cc1. The summed E-state index contributed by atoms with van der Waals surface area (Å²) in [4.78, 5) is 65.7. The number of cyclic esters (lactones) is 1. The van der Waals surface area contributed by atoms with Crippen LogP contribution in [0.1, 0.15) is 56.5 Å². The molecule has 2 saturated heterocycles. The molecule has 2 fully saturated rings. The lowest BCUT2D eigenvalue weighted by Gasteiger charge is -2.36. The first kappa shape index (κ1) is 33.2. The van der Waals surface area contributed by atoms with Crippen molar-refractivity contribution in [2.45, 2.75) is 58.8 Å². The topological polar surface area (TPSA) is 138 Å². The second-order valence-corrected chi connectivity index (χ2v) is 12.0. The number of carbonyl (C=O) groups is 5. The van der Waals surface area contributed by atoms with Crippen molar-refractivity contribution in [2.24, 2.45) is 0 Å².